The Balaban J connectivity index is 1.81. The lowest BCUT2D eigenvalue weighted by molar-refractivity contribution is -0.137. The zero-order chi connectivity index (χ0) is 20.3. The van der Waals surface area contributed by atoms with Crippen LogP contribution in [0, 0.1) is 0 Å². The Bertz CT molecular complexity index is 831. The lowest BCUT2D eigenvalue weighted by Crippen LogP contribution is -2.37. The highest BCUT2D eigenvalue weighted by Gasteiger charge is 2.32. The van der Waals surface area contributed by atoms with Crippen molar-refractivity contribution in [3.63, 3.8) is 0 Å². The maximum Gasteiger partial charge on any atom is 0.416 e. The number of alkyl halides is 3. The van der Waals surface area contributed by atoms with Crippen molar-refractivity contribution in [1.82, 2.24) is 14.7 Å². The molecule has 152 valence electrons. The van der Waals surface area contributed by atoms with Crippen molar-refractivity contribution < 1.29 is 22.7 Å². The summed E-state index contributed by atoms with van der Waals surface area (Å²) < 4.78 is 46.4. The predicted octanol–water partition coefficient (Wildman–Crippen LogP) is 2.94. The van der Waals surface area contributed by atoms with Crippen LogP contribution in [0.5, 0.6) is 0 Å². The summed E-state index contributed by atoms with van der Waals surface area (Å²) in [4.78, 5) is 15.9. The Morgan fingerprint density at radius 1 is 1.32 bits per heavy atom. The normalized spacial score (nSPS) is 14.8. The summed E-state index contributed by atoms with van der Waals surface area (Å²) >= 11 is 0. The molecule has 28 heavy (non-hydrogen) atoms. The van der Waals surface area contributed by atoms with Crippen LogP contribution in [0.3, 0.4) is 0 Å². The Morgan fingerprint density at radius 2 is 2.04 bits per heavy atom. The van der Waals surface area contributed by atoms with Crippen LogP contribution in [0.4, 0.5) is 29.3 Å². The number of aryl methyl sites for hydroxylation is 1. The van der Waals surface area contributed by atoms with E-state index in [2.05, 4.69) is 10.4 Å². The van der Waals surface area contributed by atoms with Gasteiger partial charge in [0.05, 0.1) is 42.9 Å². The number of rotatable bonds is 4. The van der Waals surface area contributed by atoms with Crippen LogP contribution in [0.25, 0.3) is 0 Å². The number of aromatic nitrogens is 2. The molecule has 0 unspecified atom stereocenters. The van der Waals surface area contributed by atoms with Crippen LogP contribution in [0.1, 0.15) is 11.1 Å². The number of carbonyl (C=O) groups is 1. The number of amides is 2. The van der Waals surface area contributed by atoms with Crippen LogP contribution in [0.15, 0.2) is 30.6 Å². The fraction of sp³-hybridized carbons (Fsp3) is 0.444. The molecule has 10 heteroatoms. The molecule has 0 radical (unpaired) electrons. The average molecular weight is 397 g/mol. The number of hydrogen-bond donors (Lipinski definition) is 1. The number of urea groups is 1. The van der Waals surface area contributed by atoms with Crippen molar-refractivity contribution in [3.8, 4) is 0 Å². The van der Waals surface area contributed by atoms with E-state index in [0.717, 1.165) is 17.7 Å². The first-order valence-corrected chi connectivity index (χ1v) is 8.77. The number of nitrogens with one attached hydrogen (secondary N) is 1. The van der Waals surface area contributed by atoms with Gasteiger partial charge in [-0.15, -0.1) is 0 Å². The molecule has 1 saturated heterocycles. The summed E-state index contributed by atoms with van der Waals surface area (Å²) in [5, 5.41) is 6.67. The fourth-order valence-electron chi connectivity index (χ4n) is 3.00. The lowest BCUT2D eigenvalue weighted by Gasteiger charge is -2.31. The van der Waals surface area contributed by atoms with Gasteiger partial charge in [0.2, 0.25) is 0 Å². The van der Waals surface area contributed by atoms with Crippen molar-refractivity contribution in [1.29, 1.82) is 0 Å². The topological polar surface area (TPSA) is 62.6 Å². The summed E-state index contributed by atoms with van der Waals surface area (Å²) in [6.45, 7) is 2.33. The van der Waals surface area contributed by atoms with Crippen molar-refractivity contribution >= 4 is 17.4 Å². The minimum Gasteiger partial charge on any atom is -0.378 e. The zero-order valence-corrected chi connectivity index (χ0v) is 15.7. The Hall–Kier alpha value is -2.75. The largest absolute Gasteiger partial charge is 0.416 e. The van der Waals surface area contributed by atoms with Gasteiger partial charge in [-0.1, -0.05) is 0 Å². The van der Waals surface area contributed by atoms with Gasteiger partial charge in [-0.25, -0.2) is 4.79 Å². The minimum atomic E-state index is -4.50. The Morgan fingerprint density at radius 3 is 2.64 bits per heavy atom. The van der Waals surface area contributed by atoms with E-state index in [4.69, 9.17) is 4.74 Å². The summed E-state index contributed by atoms with van der Waals surface area (Å²) in [6, 6.07) is 2.89. The number of benzene rings is 1. The standard InChI is InChI=1S/C18H22F3N5O2/c1-24(11-13-10-22-25(2)12-13)17(27)23-15-9-14(18(19,20)21)3-4-16(15)26-5-7-28-8-6-26/h3-4,9-10,12H,5-8,11H2,1-2H3,(H,23,27). The monoisotopic (exact) mass is 397 g/mol. The van der Waals surface area contributed by atoms with E-state index in [0.29, 0.717) is 32.0 Å². The summed E-state index contributed by atoms with van der Waals surface area (Å²) in [5.41, 5.74) is 0.673. The molecule has 2 aromatic rings. The highest BCUT2D eigenvalue weighted by atomic mass is 19.4. The lowest BCUT2D eigenvalue weighted by atomic mass is 10.1. The van der Waals surface area contributed by atoms with E-state index in [1.165, 1.54) is 11.0 Å². The van der Waals surface area contributed by atoms with E-state index in [1.54, 1.807) is 31.2 Å². The van der Waals surface area contributed by atoms with Gasteiger partial charge >= 0.3 is 12.2 Å². The maximum atomic E-state index is 13.2. The van der Waals surface area contributed by atoms with Gasteiger partial charge in [0.15, 0.2) is 0 Å². The van der Waals surface area contributed by atoms with Gasteiger partial charge in [0.1, 0.15) is 0 Å². The molecule has 2 heterocycles. The minimum absolute atomic E-state index is 0.125. The van der Waals surface area contributed by atoms with E-state index < -0.39 is 17.8 Å². The van der Waals surface area contributed by atoms with Crippen LogP contribution in [0.2, 0.25) is 0 Å². The van der Waals surface area contributed by atoms with Crippen molar-refractivity contribution in [2.75, 3.05) is 43.6 Å². The van der Waals surface area contributed by atoms with Crippen LogP contribution >= 0.6 is 0 Å². The number of nitrogens with zero attached hydrogens (tertiary/aromatic N) is 4. The fourth-order valence-corrected chi connectivity index (χ4v) is 3.00. The molecule has 1 N–H and O–H groups in total. The molecule has 0 saturated carbocycles. The van der Waals surface area contributed by atoms with E-state index in [-0.39, 0.29) is 12.2 Å². The molecule has 3 rings (SSSR count). The van der Waals surface area contributed by atoms with E-state index in [1.807, 2.05) is 4.90 Å². The number of hydrogen-bond acceptors (Lipinski definition) is 4. The van der Waals surface area contributed by atoms with Crippen molar-refractivity contribution in [2.24, 2.45) is 7.05 Å². The molecule has 1 aromatic heterocycles. The number of carbonyl (C=O) groups excluding carboxylic acids is 1. The molecule has 7 nitrogen and oxygen atoms in total. The molecular weight excluding hydrogens is 375 g/mol. The summed E-state index contributed by atoms with van der Waals surface area (Å²) in [6.07, 6.45) is -1.09. The highest BCUT2D eigenvalue weighted by Crippen LogP contribution is 2.35. The van der Waals surface area contributed by atoms with Gasteiger partial charge in [-0.3, -0.25) is 4.68 Å². The molecule has 1 fully saturated rings. The van der Waals surface area contributed by atoms with Crippen molar-refractivity contribution in [2.45, 2.75) is 12.7 Å². The molecule has 0 bridgehead atoms. The van der Waals surface area contributed by atoms with Gasteiger partial charge in [-0.2, -0.15) is 18.3 Å². The average Bonchev–Trinajstić information content (AvgIpc) is 3.06. The molecule has 0 atom stereocenters. The zero-order valence-electron chi connectivity index (χ0n) is 15.7. The Kier molecular flexibility index (Phi) is 5.78. The quantitative estimate of drug-likeness (QED) is 0.862. The number of halogens is 3. The molecular formula is C18H22F3N5O2. The SMILES string of the molecule is CN(Cc1cnn(C)c1)C(=O)Nc1cc(C(F)(F)F)ccc1N1CCOCC1. The third kappa shape index (κ3) is 4.75. The third-order valence-corrected chi connectivity index (χ3v) is 4.44. The molecule has 0 spiro atoms. The van der Waals surface area contributed by atoms with Crippen LogP contribution < -0.4 is 10.2 Å². The van der Waals surface area contributed by atoms with Gasteiger partial charge in [-0.05, 0) is 18.2 Å². The summed E-state index contributed by atoms with van der Waals surface area (Å²) in [7, 11) is 3.34. The third-order valence-electron chi connectivity index (χ3n) is 4.44. The van der Waals surface area contributed by atoms with Crippen molar-refractivity contribution in [3.05, 3.63) is 41.7 Å². The van der Waals surface area contributed by atoms with Gasteiger partial charge < -0.3 is 19.9 Å². The Labute approximate surface area is 160 Å². The van der Waals surface area contributed by atoms with E-state index in [9.17, 15) is 18.0 Å². The number of ether oxygens (including phenoxy) is 1. The van der Waals surface area contributed by atoms with Crippen LogP contribution in [-0.4, -0.2) is 54.1 Å². The van der Waals surface area contributed by atoms with Crippen LogP contribution in [-0.2, 0) is 24.5 Å². The maximum absolute atomic E-state index is 13.2. The molecule has 2 amide bonds. The van der Waals surface area contributed by atoms with Gasteiger partial charge in [0, 0.05) is 38.9 Å². The first kappa shape index (κ1) is 20.0. The first-order valence-electron chi connectivity index (χ1n) is 8.77. The predicted molar refractivity (Wildman–Crippen MR) is 98.2 cm³/mol. The number of morpholine rings is 1. The molecule has 0 aliphatic carbocycles. The second kappa shape index (κ2) is 8.09. The molecule has 1 aliphatic heterocycles. The van der Waals surface area contributed by atoms with E-state index >= 15 is 0 Å². The smallest absolute Gasteiger partial charge is 0.378 e. The number of anilines is 2. The second-order valence-corrected chi connectivity index (χ2v) is 6.64. The first-order chi connectivity index (χ1) is 13.2. The molecule has 1 aromatic carbocycles. The summed E-state index contributed by atoms with van der Waals surface area (Å²) in [5.74, 6) is 0. The molecule has 1 aliphatic rings. The second-order valence-electron chi connectivity index (χ2n) is 6.64. The van der Waals surface area contributed by atoms with Gasteiger partial charge in [0.25, 0.3) is 0 Å². The highest BCUT2D eigenvalue weighted by molar-refractivity contribution is 5.93.